The summed E-state index contributed by atoms with van der Waals surface area (Å²) in [4.78, 5) is 19.4. The van der Waals surface area contributed by atoms with Crippen LogP contribution in [-0.4, -0.2) is 101 Å². The van der Waals surface area contributed by atoms with E-state index in [1.165, 1.54) is 0 Å². The van der Waals surface area contributed by atoms with E-state index in [1.54, 1.807) is 0 Å². The number of ether oxygens (including phenoxy) is 2. The number of nitrogens with two attached hydrogens (primary N) is 1. The van der Waals surface area contributed by atoms with E-state index in [0.717, 1.165) is 6.33 Å². The number of hydrogen-bond acceptors (Lipinski definition) is 12. The first-order valence-corrected chi connectivity index (χ1v) is 7.76. The van der Waals surface area contributed by atoms with Crippen LogP contribution in [0, 0.1) is 0 Å². The molecule has 0 spiro atoms. The lowest BCUT2D eigenvalue weighted by Gasteiger charge is -2.39. The average Bonchev–Trinajstić information content (AvgIpc) is 3.04. The number of aromatic nitrogens is 3. The molecule has 2 saturated heterocycles. The Morgan fingerprint density at radius 1 is 1.12 bits per heavy atom. The van der Waals surface area contributed by atoms with Crippen molar-refractivity contribution in [2.75, 3.05) is 18.9 Å². The summed E-state index contributed by atoms with van der Waals surface area (Å²) in [5.74, 6) is -0.366. The predicted octanol–water partition coefficient (Wildman–Crippen LogP) is -5.53. The van der Waals surface area contributed by atoms with E-state index in [4.69, 9.17) is 15.2 Å². The van der Waals surface area contributed by atoms with Gasteiger partial charge in [-0.25, -0.2) is 14.3 Å². The highest BCUT2D eigenvalue weighted by Gasteiger charge is 2.66. The van der Waals surface area contributed by atoms with E-state index in [2.05, 4.69) is 9.97 Å². The molecule has 1 aromatic rings. The maximum atomic E-state index is 12.3. The highest BCUT2D eigenvalue weighted by Crippen LogP contribution is 2.43. The summed E-state index contributed by atoms with van der Waals surface area (Å²) in [6, 6.07) is 0. The van der Waals surface area contributed by atoms with E-state index >= 15 is 0 Å². The summed E-state index contributed by atoms with van der Waals surface area (Å²) in [5.41, 5.74) is 2.02. The number of rotatable bonds is 4. The molecular weight excluding hydrogens is 356 g/mol. The Hall–Kier alpha value is -1.71. The number of nitrogens with zero attached hydrogens (tertiary/aromatic N) is 3. The van der Waals surface area contributed by atoms with Crippen molar-refractivity contribution in [2.45, 2.75) is 48.5 Å². The van der Waals surface area contributed by atoms with Gasteiger partial charge < -0.3 is 45.8 Å². The Morgan fingerprint density at radius 2 is 1.77 bits per heavy atom. The van der Waals surface area contributed by atoms with E-state index in [1.807, 2.05) is 0 Å². The molecule has 26 heavy (non-hydrogen) atoms. The minimum atomic E-state index is -2.29. The second kappa shape index (κ2) is 6.79. The lowest BCUT2D eigenvalue weighted by molar-refractivity contribution is -0.235. The molecule has 13 heteroatoms. The first kappa shape index (κ1) is 19.1. The fraction of sp³-hybridized carbons (Fsp3) is 0.769. The van der Waals surface area contributed by atoms with E-state index in [9.17, 15) is 35.4 Å². The van der Waals surface area contributed by atoms with Gasteiger partial charge in [0.05, 0.1) is 13.2 Å². The van der Waals surface area contributed by atoms with Crippen LogP contribution >= 0.6 is 0 Å². The van der Waals surface area contributed by atoms with Crippen molar-refractivity contribution in [3.63, 3.8) is 0 Å². The van der Waals surface area contributed by atoms with Crippen molar-refractivity contribution < 1.29 is 40.1 Å². The predicted molar refractivity (Wildman–Crippen MR) is 80.4 cm³/mol. The lowest BCUT2D eigenvalue weighted by atomic mass is 9.92. The van der Waals surface area contributed by atoms with E-state index in [0.29, 0.717) is 4.57 Å². The van der Waals surface area contributed by atoms with Gasteiger partial charge in [0.15, 0.2) is 0 Å². The van der Waals surface area contributed by atoms with Crippen LogP contribution in [0.4, 0.5) is 5.95 Å². The van der Waals surface area contributed by atoms with E-state index in [-0.39, 0.29) is 5.95 Å². The van der Waals surface area contributed by atoms with Gasteiger partial charge in [0.1, 0.15) is 49.1 Å². The van der Waals surface area contributed by atoms with Gasteiger partial charge in [0.2, 0.25) is 11.7 Å². The highest BCUT2D eigenvalue weighted by atomic mass is 16.6. The number of aliphatic hydroxyl groups excluding tert-OH is 6. The van der Waals surface area contributed by atoms with Gasteiger partial charge in [-0.05, 0) is 0 Å². The van der Waals surface area contributed by atoms with Gasteiger partial charge in [-0.15, -0.1) is 0 Å². The van der Waals surface area contributed by atoms with Crippen molar-refractivity contribution in [1.82, 2.24) is 14.5 Å². The largest absolute Gasteiger partial charge is 0.394 e. The van der Waals surface area contributed by atoms with Gasteiger partial charge in [-0.3, -0.25) is 0 Å². The van der Waals surface area contributed by atoms with Crippen LogP contribution in [0.25, 0.3) is 0 Å². The highest BCUT2D eigenvalue weighted by molar-refractivity contribution is 5.14. The summed E-state index contributed by atoms with van der Waals surface area (Å²) in [5, 5.41) is 59.8. The van der Waals surface area contributed by atoms with Gasteiger partial charge >= 0.3 is 5.69 Å². The Morgan fingerprint density at radius 3 is 2.27 bits per heavy atom. The van der Waals surface area contributed by atoms with Crippen LogP contribution in [0.2, 0.25) is 0 Å². The van der Waals surface area contributed by atoms with Crippen molar-refractivity contribution in [1.29, 1.82) is 0 Å². The third-order valence-corrected chi connectivity index (χ3v) is 4.70. The molecule has 0 bridgehead atoms. The summed E-state index contributed by atoms with van der Waals surface area (Å²) in [7, 11) is 0. The Bertz CT molecular complexity index is 717. The van der Waals surface area contributed by atoms with Gasteiger partial charge in [0.25, 0.3) is 0 Å². The maximum absolute atomic E-state index is 12.3. The molecule has 2 aliphatic heterocycles. The minimum Gasteiger partial charge on any atom is -0.394 e. The Kier molecular flexibility index (Phi) is 4.98. The zero-order valence-corrected chi connectivity index (χ0v) is 13.4. The number of hydrogen-bond donors (Lipinski definition) is 7. The van der Waals surface area contributed by atoms with Crippen LogP contribution in [0.15, 0.2) is 11.1 Å². The Labute approximate surface area is 145 Å². The average molecular weight is 376 g/mol. The lowest BCUT2D eigenvalue weighted by Crippen LogP contribution is -2.61. The molecule has 2 fully saturated rings. The van der Waals surface area contributed by atoms with Crippen molar-refractivity contribution in [3.05, 3.63) is 16.8 Å². The molecule has 2 aliphatic rings. The SMILES string of the molecule is Nc1ncn([C@]2([C@@H]3O[C@H](CO)[C@@H](O)[C@@H]3O)O[C@H](CO)[C@@H](O)[C@H]2O)c(=O)n1. The molecule has 1 aromatic heterocycles. The second-order valence-corrected chi connectivity index (χ2v) is 6.15. The third kappa shape index (κ3) is 2.60. The number of nitrogen functional groups attached to an aromatic ring is 1. The molecule has 0 unspecified atom stereocenters. The number of aliphatic hydroxyl groups is 6. The summed E-state index contributed by atoms with van der Waals surface area (Å²) < 4.78 is 11.6. The Balaban J connectivity index is 2.17. The summed E-state index contributed by atoms with van der Waals surface area (Å²) >= 11 is 0. The van der Waals surface area contributed by atoms with Crippen LogP contribution in [-0.2, 0) is 15.2 Å². The smallest absolute Gasteiger partial charge is 0.354 e. The topological polar surface area (TPSA) is 214 Å². The number of anilines is 1. The first-order chi connectivity index (χ1) is 12.3. The summed E-state index contributed by atoms with van der Waals surface area (Å²) in [6.07, 6.45) is -10.1. The van der Waals surface area contributed by atoms with Crippen molar-refractivity contribution in [3.8, 4) is 0 Å². The second-order valence-electron chi connectivity index (χ2n) is 6.15. The molecule has 0 radical (unpaired) electrons. The zero-order valence-electron chi connectivity index (χ0n) is 13.4. The molecule has 8 atom stereocenters. The van der Waals surface area contributed by atoms with Crippen LogP contribution in [0.1, 0.15) is 0 Å². The standard InChI is InChI=1S/C13H20N4O9/c14-11-15-3-17(12(24)16-11)13(9(23)7(21)5(2-19)26-13)10-8(22)6(20)4(1-18)25-10/h3-10,18-23H,1-2H2,(H2,14,16,24)/t4-,5-,6-,7-,8+,9-,10-,13+/m1/s1. The minimum absolute atomic E-state index is 0.366. The molecule has 0 aliphatic carbocycles. The zero-order chi connectivity index (χ0) is 19.2. The van der Waals surface area contributed by atoms with Crippen molar-refractivity contribution in [2.24, 2.45) is 0 Å². The molecule has 0 aromatic carbocycles. The molecule has 0 amide bonds. The fourth-order valence-electron chi connectivity index (χ4n) is 3.38. The summed E-state index contributed by atoms with van der Waals surface area (Å²) in [6.45, 7) is -1.39. The fourth-order valence-corrected chi connectivity index (χ4v) is 3.38. The van der Waals surface area contributed by atoms with Gasteiger partial charge in [-0.2, -0.15) is 4.98 Å². The molecule has 3 rings (SSSR count). The monoisotopic (exact) mass is 376 g/mol. The first-order valence-electron chi connectivity index (χ1n) is 7.76. The normalized spacial score (nSPS) is 43.1. The molecule has 8 N–H and O–H groups in total. The molecular formula is C13H20N4O9. The van der Waals surface area contributed by atoms with Gasteiger partial charge in [0, 0.05) is 0 Å². The molecule has 0 saturated carbocycles. The van der Waals surface area contributed by atoms with Crippen LogP contribution in [0.3, 0.4) is 0 Å². The molecule has 13 nitrogen and oxygen atoms in total. The molecule has 3 heterocycles. The maximum Gasteiger partial charge on any atom is 0.354 e. The quantitative estimate of drug-likeness (QED) is 0.262. The van der Waals surface area contributed by atoms with Crippen LogP contribution in [0.5, 0.6) is 0 Å². The van der Waals surface area contributed by atoms with Gasteiger partial charge in [-0.1, -0.05) is 0 Å². The third-order valence-electron chi connectivity index (χ3n) is 4.70. The van der Waals surface area contributed by atoms with Crippen LogP contribution < -0.4 is 11.4 Å². The molecule has 146 valence electrons. The van der Waals surface area contributed by atoms with Crippen molar-refractivity contribution >= 4 is 5.95 Å². The van der Waals surface area contributed by atoms with E-state index < -0.39 is 67.4 Å².